The average Bonchev–Trinajstić information content (AvgIpc) is 3.33. The zero-order valence-electron chi connectivity index (χ0n) is 25.3. The molecule has 3 saturated heterocycles. The van der Waals surface area contributed by atoms with E-state index in [4.69, 9.17) is 4.74 Å². The van der Waals surface area contributed by atoms with Crippen molar-refractivity contribution in [2.75, 3.05) is 32.7 Å². The number of piperidine rings is 2. The average molecular weight is 621 g/mol. The van der Waals surface area contributed by atoms with E-state index in [0.29, 0.717) is 51.1 Å². The summed E-state index contributed by atoms with van der Waals surface area (Å²) in [6, 6.07) is 23.3. The molecule has 6 rings (SSSR count). The second-order valence-corrected chi connectivity index (χ2v) is 12.6. The molecule has 7 nitrogen and oxygen atoms in total. The summed E-state index contributed by atoms with van der Waals surface area (Å²) in [6.07, 6.45) is -1.51. The molecule has 3 fully saturated rings. The maximum Gasteiger partial charge on any atom is 0.416 e. The summed E-state index contributed by atoms with van der Waals surface area (Å²) in [5, 5.41) is 3.19. The number of nitrogens with zero attached hydrogens (tertiary/aromatic N) is 3. The van der Waals surface area contributed by atoms with E-state index in [-0.39, 0.29) is 18.0 Å². The van der Waals surface area contributed by atoms with Crippen molar-refractivity contribution in [3.63, 3.8) is 0 Å². The summed E-state index contributed by atoms with van der Waals surface area (Å²) < 4.78 is 44.5. The molecule has 3 aliphatic heterocycles. The van der Waals surface area contributed by atoms with Crippen LogP contribution in [-0.2, 0) is 30.5 Å². The molecule has 0 radical (unpaired) electrons. The van der Waals surface area contributed by atoms with Gasteiger partial charge in [0.05, 0.1) is 12.1 Å². The Morgan fingerprint density at radius 3 is 1.96 bits per heavy atom. The normalized spacial score (nSPS) is 19.5. The highest BCUT2D eigenvalue weighted by Crippen LogP contribution is 2.35. The number of ether oxygens (including phenoxy) is 1. The van der Waals surface area contributed by atoms with Crippen LogP contribution in [-0.4, -0.2) is 71.1 Å². The van der Waals surface area contributed by atoms with Gasteiger partial charge < -0.3 is 10.1 Å². The summed E-state index contributed by atoms with van der Waals surface area (Å²) in [6.45, 7) is 5.66. The Balaban J connectivity index is 0.941. The van der Waals surface area contributed by atoms with Crippen LogP contribution in [0, 0.1) is 0 Å². The minimum absolute atomic E-state index is 0.0781. The Morgan fingerprint density at radius 1 is 0.778 bits per heavy atom. The van der Waals surface area contributed by atoms with Crippen LogP contribution in [0.15, 0.2) is 78.9 Å². The quantitative estimate of drug-likeness (QED) is 0.331. The van der Waals surface area contributed by atoms with E-state index in [1.165, 1.54) is 17.7 Å². The van der Waals surface area contributed by atoms with E-state index in [9.17, 15) is 22.8 Å². The van der Waals surface area contributed by atoms with E-state index < -0.39 is 17.3 Å². The van der Waals surface area contributed by atoms with Crippen molar-refractivity contribution in [1.29, 1.82) is 0 Å². The van der Waals surface area contributed by atoms with Gasteiger partial charge in [-0.25, -0.2) is 4.79 Å². The van der Waals surface area contributed by atoms with Gasteiger partial charge in [0, 0.05) is 70.3 Å². The van der Waals surface area contributed by atoms with Crippen LogP contribution in [0.3, 0.4) is 0 Å². The Morgan fingerprint density at radius 2 is 1.33 bits per heavy atom. The van der Waals surface area contributed by atoms with Gasteiger partial charge >= 0.3 is 12.3 Å². The van der Waals surface area contributed by atoms with E-state index in [2.05, 4.69) is 39.4 Å². The summed E-state index contributed by atoms with van der Waals surface area (Å²) in [7, 11) is 0. The lowest BCUT2D eigenvalue weighted by Gasteiger charge is -2.37. The Hall–Kier alpha value is -3.89. The third-order valence-electron chi connectivity index (χ3n) is 9.26. The fraction of sp³-hybridized carbons (Fsp3) is 0.429. The second kappa shape index (κ2) is 13.2. The lowest BCUT2D eigenvalue weighted by Crippen LogP contribution is -2.46. The molecule has 1 N–H and O–H groups in total. The van der Waals surface area contributed by atoms with E-state index in [1.54, 1.807) is 4.90 Å². The summed E-state index contributed by atoms with van der Waals surface area (Å²) in [5.74, 6) is -0.0781. The molecule has 0 unspecified atom stereocenters. The van der Waals surface area contributed by atoms with Gasteiger partial charge in [-0.15, -0.1) is 0 Å². The Kier molecular flexibility index (Phi) is 9.14. The number of benzene rings is 3. The molecule has 3 aromatic rings. The highest BCUT2D eigenvalue weighted by molar-refractivity contribution is 5.94. The number of carbonyl (C=O) groups is 2. The highest BCUT2D eigenvalue weighted by Gasteiger charge is 2.46. The molecule has 0 atom stereocenters. The predicted molar refractivity (Wildman–Crippen MR) is 164 cm³/mol. The van der Waals surface area contributed by atoms with Gasteiger partial charge in [-0.05, 0) is 53.8 Å². The number of rotatable bonds is 8. The van der Waals surface area contributed by atoms with E-state index >= 15 is 0 Å². The molecule has 0 aromatic heterocycles. The minimum atomic E-state index is -4.34. The Labute approximate surface area is 261 Å². The van der Waals surface area contributed by atoms with Crippen molar-refractivity contribution < 1.29 is 27.5 Å². The third kappa shape index (κ3) is 7.86. The number of halogens is 3. The monoisotopic (exact) mass is 620 g/mol. The van der Waals surface area contributed by atoms with Crippen molar-refractivity contribution in [2.45, 2.75) is 63.1 Å². The van der Waals surface area contributed by atoms with Crippen LogP contribution in [0.1, 0.15) is 58.3 Å². The van der Waals surface area contributed by atoms with Crippen LogP contribution < -0.4 is 5.32 Å². The molecule has 10 heteroatoms. The van der Waals surface area contributed by atoms with Crippen molar-refractivity contribution in [1.82, 2.24) is 20.0 Å². The fourth-order valence-corrected chi connectivity index (χ4v) is 6.58. The van der Waals surface area contributed by atoms with Crippen molar-refractivity contribution in [3.8, 4) is 0 Å². The van der Waals surface area contributed by atoms with Crippen LogP contribution in [0.2, 0.25) is 0 Å². The molecule has 3 aromatic carbocycles. The van der Waals surface area contributed by atoms with Gasteiger partial charge in [-0.1, -0.05) is 54.6 Å². The van der Waals surface area contributed by atoms with Crippen molar-refractivity contribution in [2.24, 2.45) is 0 Å². The number of likely N-dealkylation sites (tertiary alicyclic amines) is 2. The summed E-state index contributed by atoms with van der Waals surface area (Å²) in [5.41, 5.74) is 2.46. The molecule has 0 saturated carbocycles. The molecule has 2 amide bonds. The van der Waals surface area contributed by atoms with Gasteiger partial charge in [0.2, 0.25) is 0 Å². The first-order chi connectivity index (χ1) is 21.6. The van der Waals surface area contributed by atoms with Crippen LogP contribution in [0.25, 0.3) is 0 Å². The first-order valence-electron chi connectivity index (χ1n) is 15.7. The zero-order chi connectivity index (χ0) is 31.4. The van der Waals surface area contributed by atoms with E-state index in [1.807, 2.05) is 30.3 Å². The number of alkyl halides is 3. The van der Waals surface area contributed by atoms with Gasteiger partial charge in [0.25, 0.3) is 5.91 Å². The molecule has 3 aliphatic rings. The minimum Gasteiger partial charge on any atom is -0.441 e. The Bertz CT molecular complexity index is 1450. The molecule has 45 heavy (non-hydrogen) atoms. The summed E-state index contributed by atoms with van der Waals surface area (Å²) >= 11 is 0. The number of hydrogen-bond donors (Lipinski definition) is 1. The maximum atomic E-state index is 12.9. The predicted octanol–water partition coefficient (Wildman–Crippen LogP) is 6.09. The standard InChI is InChI=1S/C35H39F3N4O3/c36-35(37,38)30-12-8-27(9-13-30)23-41-20-16-34(17-21-41)25-42(33(44)45-34)24-28-6-10-29(11-7-28)32(43)39-31-14-18-40(19-15-31)22-26-4-2-1-3-5-26/h1-13,31H,14-25H2,(H,39,43). The SMILES string of the molecule is O=C(NC1CCN(Cc2ccccc2)CC1)c1ccc(CN2CC3(CCN(Cc4ccc(C(F)(F)F)cc4)CC3)OC2=O)cc1. The molecular formula is C35H39F3N4O3. The largest absolute Gasteiger partial charge is 0.441 e. The van der Waals surface area contributed by atoms with E-state index in [0.717, 1.165) is 55.7 Å². The van der Waals surface area contributed by atoms with Crippen molar-refractivity contribution in [3.05, 3.63) is 107 Å². The van der Waals surface area contributed by atoms with Crippen LogP contribution in [0.4, 0.5) is 18.0 Å². The first-order valence-corrected chi connectivity index (χ1v) is 15.7. The lowest BCUT2D eigenvalue weighted by atomic mass is 9.91. The molecule has 1 spiro atoms. The third-order valence-corrected chi connectivity index (χ3v) is 9.26. The zero-order valence-corrected chi connectivity index (χ0v) is 25.3. The second-order valence-electron chi connectivity index (χ2n) is 12.6. The number of hydrogen-bond acceptors (Lipinski definition) is 5. The number of carbonyl (C=O) groups excluding carboxylic acids is 2. The maximum absolute atomic E-state index is 12.9. The molecule has 3 heterocycles. The van der Waals surface area contributed by atoms with Gasteiger partial charge in [-0.3, -0.25) is 19.5 Å². The molecule has 0 aliphatic carbocycles. The fourth-order valence-electron chi connectivity index (χ4n) is 6.58. The lowest BCUT2D eigenvalue weighted by molar-refractivity contribution is -0.137. The molecule has 0 bridgehead atoms. The molecular weight excluding hydrogens is 581 g/mol. The first kappa shape index (κ1) is 31.1. The summed E-state index contributed by atoms with van der Waals surface area (Å²) in [4.78, 5) is 32.0. The van der Waals surface area contributed by atoms with Gasteiger partial charge in [0.1, 0.15) is 5.60 Å². The van der Waals surface area contributed by atoms with Crippen LogP contribution >= 0.6 is 0 Å². The number of nitrogens with one attached hydrogen (secondary N) is 1. The number of amides is 2. The molecule has 238 valence electrons. The van der Waals surface area contributed by atoms with Gasteiger partial charge in [-0.2, -0.15) is 13.2 Å². The van der Waals surface area contributed by atoms with Crippen LogP contribution in [0.5, 0.6) is 0 Å². The smallest absolute Gasteiger partial charge is 0.416 e. The topological polar surface area (TPSA) is 65.1 Å². The van der Waals surface area contributed by atoms with Gasteiger partial charge in [0.15, 0.2) is 0 Å². The highest BCUT2D eigenvalue weighted by atomic mass is 19.4. The van der Waals surface area contributed by atoms with Crippen molar-refractivity contribution >= 4 is 12.0 Å².